The maximum Gasteiger partial charge on any atom is 0.232 e. The maximum atomic E-state index is 13.2. The van der Waals surface area contributed by atoms with Gasteiger partial charge in [0.15, 0.2) is 5.13 Å². The highest BCUT2D eigenvalue weighted by Crippen LogP contribution is 2.64. The zero-order valence-corrected chi connectivity index (χ0v) is 17.3. The van der Waals surface area contributed by atoms with Crippen molar-refractivity contribution < 1.29 is 4.79 Å². The molecule has 6 heteroatoms. The molecule has 4 fully saturated rings. The van der Waals surface area contributed by atoms with Crippen molar-refractivity contribution in [2.75, 3.05) is 5.32 Å². The fourth-order valence-corrected chi connectivity index (χ4v) is 7.56. The quantitative estimate of drug-likeness (QED) is 0.625. The second-order valence-electron chi connectivity index (χ2n) is 8.78. The average Bonchev–Trinajstić information content (AvgIpc) is 3.02. The molecule has 0 spiro atoms. The summed E-state index contributed by atoms with van der Waals surface area (Å²) in [5, 5.41) is 4.56. The molecule has 0 aliphatic heterocycles. The number of nitrogens with one attached hydrogen (secondary N) is 1. The number of amides is 1. The van der Waals surface area contributed by atoms with Gasteiger partial charge in [0.1, 0.15) is 0 Å². The third kappa shape index (κ3) is 3.41. The molecule has 1 aromatic carbocycles. The summed E-state index contributed by atoms with van der Waals surface area (Å²) in [6.45, 7) is 0. The minimum Gasteiger partial charge on any atom is -0.301 e. The highest BCUT2D eigenvalue weighted by Gasteiger charge is 2.60. The predicted octanol–water partition coefficient (Wildman–Crippen LogP) is 5.90. The summed E-state index contributed by atoms with van der Waals surface area (Å²) < 4.78 is 0. The number of halogens is 2. The lowest BCUT2D eigenvalue weighted by molar-refractivity contribution is -0.138. The van der Waals surface area contributed by atoms with Crippen LogP contribution in [0.5, 0.6) is 0 Å². The molecular formula is C21H22Cl2N2OS. The van der Waals surface area contributed by atoms with Gasteiger partial charge in [0.2, 0.25) is 5.91 Å². The third-order valence-corrected chi connectivity index (χ3v) is 8.14. The van der Waals surface area contributed by atoms with Gasteiger partial charge in [-0.15, -0.1) is 22.9 Å². The van der Waals surface area contributed by atoms with E-state index in [1.54, 1.807) is 11.3 Å². The maximum absolute atomic E-state index is 13.2. The molecule has 1 N–H and O–H groups in total. The largest absolute Gasteiger partial charge is 0.301 e. The van der Waals surface area contributed by atoms with E-state index in [2.05, 4.69) is 10.3 Å². The molecule has 0 saturated heterocycles. The summed E-state index contributed by atoms with van der Waals surface area (Å²) >= 11 is 14.4. The number of hydrogen-bond donors (Lipinski definition) is 1. The molecule has 4 saturated carbocycles. The Bertz CT molecular complexity index is 865. The molecule has 4 aliphatic rings. The van der Waals surface area contributed by atoms with Crippen molar-refractivity contribution >= 4 is 45.6 Å². The molecule has 4 bridgehead atoms. The summed E-state index contributed by atoms with van der Waals surface area (Å²) in [4.78, 5) is 18.6. The molecule has 4 aliphatic carbocycles. The number of alkyl halides is 1. The number of aromatic nitrogens is 1. The summed E-state index contributed by atoms with van der Waals surface area (Å²) in [6.07, 6.45) is 8.89. The molecule has 3 nitrogen and oxygen atoms in total. The van der Waals surface area contributed by atoms with Crippen molar-refractivity contribution in [1.29, 1.82) is 0 Å². The molecule has 0 radical (unpaired) electrons. The van der Waals surface area contributed by atoms with E-state index < -0.39 is 0 Å². The van der Waals surface area contributed by atoms with Crippen molar-refractivity contribution in [3.63, 3.8) is 0 Å². The van der Waals surface area contributed by atoms with Crippen LogP contribution >= 0.6 is 34.5 Å². The van der Waals surface area contributed by atoms with E-state index in [-0.39, 0.29) is 16.2 Å². The van der Waals surface area contributed by atoms with Gasteiger partial charge in [0, 0.05) is 27.4 Å². The van der Waals surface area contributed by atoms with Gasteiger partial charge in [-0.3, -0.25) is 4.79 Å². The van der Waals surface area contributed by atoms with Crippen molar-refractivity contribution in [3.05, 3.63) is 45.9 Å². The lowest BCUT2D eigenvalue weighted by Crippen LogP contribution is -2.57. The van der Waals surface area contributed by atoms with Gasteiger partial charge in [-0.05, 0) is 68.1 Å². The molecule has 4 atom stereocenters. The number of nitrogens with zero attached hydrogens (tertiary/aromatic N) is 1. The Balaban J connectivity index is 1.29. The van der Waals surface area contributed by atoms with Gasteiger partial charge < -0.3 is 5.32 Å². The second-order valence-corrected chi connectivity index (χ2v) is 11.1. The number of carbonyl (C=O) groups excluding carboxylic acids is 1. The minimum atomic E-state index is -0.284. The zero-order valence-electron chi connectivity index (χ0n) is 15.0. The number of benzene rings is 1. The Morgan fingerprint density at radius 3 is 2.56 bits per heavy atom. The van der Waals surface area contributed by atoms with Gasteiger partial charge in [0.05, 0.1) is 5.41 Å². The zero-order chi connectivity index (χ0) is 18.6. The van der Waals surface area contributed by atoms with Crippen molar-refractivity contribution in [2.45, 2.75) is 49.8 Å². The summed E-state index contributed by atoms with van der Waals surface area (Å²) in [6, 6.07) is 7.84. The van der Waals surface area contributed by atoms with Crippen LogP contribution < -0.4 is 5.32 Å². The van der Waals surface area contributed by atoms with E-state index in [1.807, 2.05) is 30.5 Å². The number of anilines is 1. The highest BCUT2D eigenvalue weighted by atomic mass is 35.5. The lowest BCUT2D eigenvalue weighted by atomic mass is 9.49. The molecule has 2 unspecified atom stereocenters. The number of rotatable bonds is 4. The van der Waals surface area contributed by atoms with E-state index in [0.29, 0.717) is 17.0 Å². The topological polar surface area (TPSA) is 42.0 Å². The third-order valence-electron chi connectivity index (χ3n) is 6.54. The molecule has 27 heavy (non-hydrogen) atoms. The monoisotopic (exact) mass is 420 g/mol. The van der Waals surface area contributed by atoms with Gasteiger partial charge in [-0.1, -0.05) is 23.7 Å². The molecule has 142 valence electrons. The Hall–Kier alpha value is -1.10. The fraction of sp³-hybridized carbons (Fsp3) is 0.524. The van der Waals surface area contributed by atoms with Crippen molar-refractivity contribution in [2.24, 2.45) is 17.3 Å². The van der Waals surface area contributed by atoms with Crippen LogP contribution in [0, 0.1) is 17.3 Å². The summed E-state index contributed by atoms with van der Waals surface area (Å²) in [5.41, 5.74) is 0.902. The molecule has 1 aromatic heterocycles. The van der Waals surface area contributed by atoms with Gasteiger partial charge >= 0.3 is 0 Å². The average molecular weight is 421 g/mol. The van der Waals surface area contributed by atoms with E-state index in [1.165, 1.54) is 12.0 Å². The van der Waals surface area contributed by atoms with Crippen LogP contribution in [0.4, 0.5) is 5.13 Å². The lowest BCUT2D eigenvalue weighted by Gasteiger charge is -2.59. The smallest absolute Gasteiger partial charge is 0.232 e. The SMILES string of the molecule is O=C(Nc1ncc(Cc2ccc(Cl)cc2)s1)C12C[C@@H]3C[C@@H](CC(Cl)(C3)C1)C2. The molecular weight excluding hydrogens is 399 g/mol. The fourth-order valence-electron chi connectivity index (χ4n) is 5.90. The van der Waals surface area contributed by atoms with Crippen LogP contribution in [0.2, 0.25) is 5.02 Å². The van der Waals surface area contributed by atoms with Crippen LogP contribution in [-0.2, 0) is 11.2 Å². The highest BCUT2D eigenvalue weighted by molar-refractivity contribution is 7.15. The first-order valence-corrected chi connectivity index (χ1v) is 11.2. The van der Waals surface area contributed by atoms with Crippen LogP contribution in [-0.4, -0.2) is 15.8 Å². The second kappa shape index (κ2) is 6.47. The van der Waals surface area contributed by atoms with Crippen LogP contribution in [0.25, 0.3) is 0 Å². The van der Waals surface area contributed by atoms with E-state index in [0.717, 1.165) is 48.4 Å². The van der Waals surface area contributed by atoms with Gasteiger partial charge in [-0.25, -0.2) is 4.98 Å². The number of carbonyl (C=O) groups is 1. The standard InChI is InChI=1S/C21H22Cl2N2OS/c22-16-3-1-13(2-4-16)6-17-11-24-19(27-17)25-18(26)20-7-14-5-15(8-20)10-21(23,9-14)12-20/h1-4,11,14-15H,5-10,12H2,(H,24,25,26)/t14-,15+,20?,21?. The number of thiazole rings is 1. The van der Waals surface area contributed by atoms with Crippen LogP contribution in [0.1, 0.15) is 49.0 Å². The Labute approximate surface area is 173 Å². The van der Waals surface area contributed by atoms with E-state index >= 15 is 0 Å². The first-order chi connectivity index (χ1) is 12.9. The van der Waals surface area contributed by atoms with Gasteiger partial charge in [0.25, 0.3) is 0 Å². The van der Waals surface area contributed by atoms with E-state index in [9.17, 15) is 4.79 Å². The molecule has 1 heterocycles. The number of hydrogen-bond acceptors (Lipinski definition) is 3. The van der Waals surface area contributed by atoms with Crippen LogP contribution in [0.3, 0.4) is 0 Å². The Morgan fingerprint density at radius 2 is 1.89 bits per heavy atom. The summed E-state index contributed by atoms with van der Waals surface area (Å²) in [7, 11) is 0. The van der Waals surface area contributed by atoms with Crippen molar-refractivity contribution in [3.8, 4) is 0 Å². The van der Waals surface area contributed by atoms with E-state index in [4.69, 9.17) is 23.2 Å². The molecule has 6 rings (SSSR count). The minimum absolute atomic E-state index is 0.133. The predicted molar refractivity (Wildman–Crippen MR) is 111 cm³/mol. The van der Waals surface area contributed by atoms with Crippen LogP contribution in [0.15, 0.2) is 30.5 Å². The Morgan fingerprint density at radius 1 is 1.19 bits per heavy atom. The normalized spacial score (nSPS) is 34.0. The summed E-state index contributed by atoms with van der Waals surface area (Å²) in [5.74, 6) is 1.37. The van der Waals surface area contributed by atoms with Gasteiger partial charge in [-0.2, -0.15) is 0 Å². The first-order valence-electron chi connectivity index (χ1n) is 9.61. The van der Waals surface area contributed by atoms with Crippen molar-refractivity contribution in [1.82, 2.24) is 4.98 Å². The first kappa shape index (κ1) is 18.0. The Kier molecular flexibility index (Phi) is 4.30. The molecule has 1 amide bonds. The molecule has 2 aromatic rings.